The minimum Gasteiger partial charge on any atom is -0.461 e. The van der Waals surface area contributed by atoms with E-state index in [1.54, 1.807) is 13.0 Å². The Morgan fingerprint density at radius 3 is 2.32 bits per heavy atom. The summed E-state index contributed by atoms with van der Waals surface area (Å²) in [5.41, 5.74) is 3.45. The first-order chi connectivity index (χ1) is 10.6. The summed E-state index contributed by atoms with van der Waals surface area (Å²) in [5, 5.41) is 2.89. The van der Waals surface area contributed by atoms with Crippen LogP contribution in [-0.2, 0) is 0 Å². The predicted octanol–water partition coefficient (Wildman–Crippen LogP) is 4.82. The van der Waals surface area contributed by atoms with Crippen LogP contribution in [0.3, 0.4) is 0 Å². The third-order valence-corrected chi connectivity index (χ3v) is 3.53. The summed E-state index contributed by atoms with van der Waals surface area (Å²) in [4.78, 5) is 12.4. The Morgan fingerprint density at radius 1 is 0.955 bits per heavy atom. The van der Waals surface area contributed by atoms with Crippen LogP contribution in [0.5, 0.6) is 0 Å². The van der Waals surface area contributed by atoms with Crippen LogP contribution in [0.2, 0.25) is 0 Å². The van der Waals surface area contributed by atoms with Crippen molar-refractivity contribution in [3.8, 4) is 11.3 Å². The molecule has 0 atom stereocenters. The SMILES string of the molecule is Cc1ccc(NC(=O)c2cc(-c3ccccc3)oc2C)cc1. The van der Waals surface area contributed by atoms with Crippen LogP contribution >= 0.6 is 0 Å². The zero-order valence-corrected chi connectivity index (χ0v) is 12.6. The molecule has 0 aliphatic rings. The van der Waals surface area contributed by atoms with E-state index in [1.165, 1.54) is 0 Å². The van der Waals surface area contributed by atoms with E-state index >= 15 is 0 Å². The van der Waals surface area contributed by atoms with Gasteiger partial charge in [0.2, 0.25) is 0 Å². The molecule has 0 bridgehead atoms. The van der Waals surface area contributed by atoms with E-state index in [2.05, 4.69) is 5.32 Å². The summed E-state index contributed by atoms with van der Waals surface area (Å²) in [6.07, 6.45) is 0. The molecule has 0 unspecified atom stereocenters. The largest absolute Gasteiger partial charge is 0.461 e. The molecule has 3 aromatic rings. The highest BCUT2D eigenvalue weighted by Crippen LogP contribution is 2.25. The molecule has 1 amide bonds. The molecule has 110 valence electrons. The molecule has 0 spiro atoms. The van der Waals surface area contributed by atoms with E-state index in [4.69, 9.17) is 4.42 Å². The Morgan fingerprint density at radius 2 is 1.64 bits per heavy atom. The predicted molar refractivity (Wildman–Crippen MR) is 88.0 cm³/mol. The average Bonchev–Trinajstić information content (AvgIpc) is 2.92. The van der Waals surface area contributed by atoms with Crippen LogP contribution < -0.4 is 5.32 Å². The molecule has 0 saturated carbocycles. The average molecular weight is 291 g/mol. The van der Waals surface area contributed by atoms with Crippen LogP contribution in [-0.4, -0.2) is 5.91 Å². The Labute approximate surface area is 129 Å². The van der Waals surface area contributed by atoms with Crippen molar-refractivity contribution in [2.45, 2.75) is 13.8 Å². The second-order valence-corrected chi connectivity index (χ2v) is 5.27. The summed E-state index contributed by atoms with van der Waals surface area (Å²) in [6.45, 7) is 3.81. The number of rotatable bonds is 3. The monoisotopic (exact) mass is 291 g/mol. The van der Waals surface area contributed by atoms with E-state index < -0.39 is 0 Å². The van der Waals surface area contributed by atoms with Crippen molar-refractivity contribution < 1.29 is 9.21 Å². The molecule has 22 heavy (non-hydrogen) atoms. The molecule has 1 heterocycles. The van der Waals surface area contributed by atoms with Crippen LogP contribution in [0.4, 0.5) is 5.69 Å². The van der Waals surface area contributed by atoms with Crippen molar-refractivity contribution in [1.82, 2.24) is 0 Å². The normalized spacial score (nSPS) is 10.5. The number of furan rings is 1. The molecular weight excluding hydrogens is 274 g/mol. The molecule has 0 fully saturated rings. The number of nitrogens with one attached hydrogen (secondary N) is 1. The van der Waals surface area contributed by atoms with Gasteiger partial charge in [-0.1, -0.05) is 48.0 Å². The molecule has 0 saturated heterocycles. The van der Waals surface area contributed by atoms with Crippen molar-refractivity contribution in [2.24, 2.45) is 0 Å². The fourth-order valence-corrected chi connectivity index (χ4v) is 2.29. The second-order valence-electron chi connectivity index (χ2n) is 5.27. The summed E-state index contributed by atoms with van der Waals surface area (Å²) in [5.74, 6) is 1.16. The molecule has 1 N–H and O–H groups in total. The smallest absolute Gasteiger partial charge is 0.259 e. The molecule has 3 rings (SSSR count). The molecule has 0 radical (unpaired) electrons. The lowest BCUT2D eigenvalue weighted by Crippen LogP contribution is -2.11. The van der Waals surface area contributed by atoms with Crippen LogP contribution in [0.1, 0.15) is 21.7 Å². The first-order valence-corrected chi connectivity index (χ1v) is 7.17. The maximum atomic E-state index is 12.4. The minimum absolute atomic E-state index is 0.160. The minimum atomic E-state index is -0.160. The van der Waals surface area contributed by atoms with Gasteiger partial charge in [-0.05, 0) is 32.0 Å². The van der Waals surface area contributed by atoms with Gasteiger partial charge < -0.3 is 9.73 Å². The van der Waals surface area contributed by atoms with Gasteiger partial charge in [0.05, 0.1) is 5.56 Å². The van der Waals surface area contributed by atoms with E-state index in [0.29, 0.717) is 17.1 Å². The van der Waals surface area contributed by atoms with Crippen LogP contribution in [0.25, 0.3) is 11.3 Å². The quantitative estimate of drug-likeness (QED) is 0.752. The topological polar surface area (TPSA) is 42.2 Å². The van der Waals surface area contributed by atoms with Gasteiger partial charge in [0.1, 0.15) is 11.5 Å². The Balaban J connectivity index is 1.84. The van der Waals surface area contributed by atoms with Crippen molar-refractivity contribution in [3.63, 3.8) is 0 Å². The van der Waals surface area contributed by atoms with E-state index in [9.17, 15) is 4.79 Å². The lowest BCUT2D eigenvalue weighted by Gasteiger charge is -2.04. The standard InChI is InChI=1S/C19H17NO2/c1-13-8-10-16(11-9-13)20-19(21)17-12-18(22-14(17)2)15-6-4-3-5-7-15/h3-12H,1-2H3,(H,20,21). The molecule has 0 aliphatic carbocycles. The number of carbonyl (C=O) groups is 1. The zero-order valence-electron chi connectivity index (χ0n) is 12.6. The van der Waals surface area contributed by atoms with E-state index in [1.807, 2.05) is 61.5 Å². The first kappa shape index (κ1) is 14.1. The van der Waals surface area contributed by atoms with Crippen molar-refractivity contribution in [3.05, 3.63) is 77.6 Å². The number of hydrogen-bond donors (Lipinski definition) is 1. The van der Waals surface area contributed by atoms with Crippen molar-refractivity contribution in [2.75, 3.05) is 5.32 Å². The van der Waals surface area contributed by atoms with Gasteiger partial charge >= 0.3 is 0 Å². The van der Waals surface area contributed by atoms with Gasteiger partial charge in [-0.2, -0.15) is 0 Å². The van der Waals surface area contributed by atoms with Gasteiger partial charge in [-0.3, -0.25) is 4.79 Å². The number of aryl methyl sites for hydroxylation is 2. The summed E-state index contributed by atoms with van der Waals surface area (Å²) in [6, 6.07) is 19.2. The van der Waals surface area contributed by atoms with Gasteiger partial charge in [0.25, 0.3) is 5.91 Å². The van der Waals surface area contributed by atoms with Crippen LogP contribution in [0.15, 0.2) is 65.1 Å². The fourth-order valence-electron chi connectivity index (χ4n) is 2.29. The summed E-state index contributed by atoms with van der Waals surface area (Å²) >= 11 is 0. The lowest BCUT2D eigenvalue weighted by atomic mass is 10.1. The lowest BCUT2D eigenvalue weighted by molar-refractivity contribution is 0.102. The molecule has 0 aliphatic heterocycles. The number of carbonyl (C=O) groups excluding carboxylic acids is 1. The molecule has 1 aromatic heterocycles. The Hall–Kier alpha value is -2.81. The highest BCUT2D eigenvalue weighted by molar-refractivity contribution is 6.05. The van der Waals surface area contributed by atoms with Crippen molar-refractivity contribution in [1.29, 1.82) is 0 Å². The number of amides is 1. The van der Waals surface area contributed by atoms with Gasteiger partial charge in [-0.25, -0.2) is 0 Å². The maximum absolute atomic E-state index is 12.4. The molecule has 3 nitrogen and oxygen atoms in total. The number of benzene rings is 2. The van der Waals surface area contributed by atoms with E-state index in [0.717, 1.165) is 16.8 Å². The van der Waals surface area contributed by atoms with E-state index in [-0.39, 0.29) is 5.91 Å². The molecule has 3 heteroatoms. The fraction of sp³-hybridized carbons (Fsp3) is 0.105. The van der Waals surface area contributed by atoms with Gasteiger partial charge in [0.15, 0.2) is 0 Å². The maximum Gasteiger partial charge on any atom is 0.259 e. The Bertz CT molecular complexity index is 786. The molecular formula is C19H17NO2. The number of hydrogen-bond acceptors (Lipinski definition) is 2. The van der Waals surface area contributed by atoms with Crippen LogP contribution in [0, 0.1) is 13.8 Å². The third kappa shape index (κ3) is 2.93. The highest BCUT2D eigenvalue weighted by Gasteiger charge is 2.16. The summed E-state index contributed by atoms with van der Waals surface area (Å²) in [7, 11) is 0. The third-order valence-electron chi connectivity index (χ3n) is 3.53. The first-order valence-electron chi connectivity index (χ1n) is 7.17. The van der Waals surface area contributed by atoms with Gasteiger partial charge in [-0.15, -0.1) is 0 Å². The number of anilines is 1. The second kappa shape index (κ2) is 5.90. The zero-order chi connectivity index (χ0) is 15.5. The summed E-state index contributed by atoms with van der Waals surface area (Å²) < 4.78 is 5.72. The highest BCUT2D eigenvalue weighted by atomic mass is 16.3. The van der Waals surface area contributed by atoms with Gasteiger partial charge in [0, 0.05) is 11.3 Å². The Kier molecular flexibility index (Phi) is 3.79. The van der Waals surface area contributed by atoms with Crippen molar-refractivity contribution >= 4 is 11.6 Å². The molecule has 2 aromatic carbocycles.